The Hall–Kier alpha value is -1.88. The average molecular weight is 374 g/mol. The zero-order chi connectivity index (χ0) is 19.8. The van der Waals surface area contributed by atoms with Gasteiger partial charge < -0.3 is 10.2 Å². The fraction of sp³-hybridized carbons (Fsp3) is 0.636. The highest BCUT2D eigenvalue weighted by molar-refractivity contribution is 5.89. The maximum absolute atomic E-state index is 12.5. The first-order chi connectivity index (χ1) is 13.0. The van der Waals surface area contributed by atoms with Crippen LogP contribution in [0.5, 0.6) is 0 Å². The summed E-state index contributed by atoms with van der Waals surface area (Å²) in [7, 11) is 0. The molecule has 1 N–H and O–H groups in total. The van der Waals surface area contributed by atoms with Crippen molar-refractivity contribution in [2.45, 2.75) is 66.1 Å². The van der Waals surface area contributed by atoms with Crippen LogP contribution in [0.1, 0.15) is 58.1 Å². The second-order valence-corrected chi connectivity index (χ2v) is 7.41. The Labute approximate surface area is 164 Å². The third-order valence-corrected chi connectivity index (χ3v) is 5.70. The van der Waals surface area contributed by atoms with Crippen LogP contribution in [0.4, 0.5) is 0 Å². The summed E-state index contributed by atoms with van der Waals surface area (Å²) in [5.74, 6) is -0.117. The predicted octanol–water partition coefficient (Wildman–Crippen LogP) is 3.18. The molecule has 0 aromatic heterocycles. The molecule has 1 aromatic rings. The minimum Gasteiger partial charge on any atom is -0.352 e. The molecule has 0 saturated carbocycles. The van der Waals surface area contributed by atoms with Crippen LogP contribution in [-0.2, 0) is 22.7 Å². The summed E-state index contributed by atoms with van der Waals surface area (Å²) in [6, 6.07) is 8.68. The average Bonchev–Trinajstić information content (AvgIpc) is 3.08. The topological polar surface area (TPSA) is 52.7 Å². The zero-order valence-electron chi connectivity index (χ0n) is 17.3. The van der Waals surface area contributed by atoms with Gasteiger partial charge in [0.25, 0.3) is 0 Å². The third kappa shape index (κ3) is 5.80. The number of carbonyl (C=O) groups is 2. The Kier molecular flexibility index (Phi) is 8.29. The fourth-order valence-corrected chi connectivity index (χ4v) is 3.79. The minimum atomic E-state index is -0.222. The van der Waals surface area contributed by atoms with Crippen molar-refractivity contribution in [3.05, 3.63) is 35.4 Å². The molecule has 0 radical (unpaired) electrons. The van der Waals surface area contributed by atoms with Gasteiger partial charge in [-0.1, -0.05) is 52.0 Å². The Morgan fingerprint density at radius 2 is 1.70 bits per heavy atom. The first-order valence-corrected chi connectivity index (χ1v) is 10.4. The summed E-state index contributed by atoms with van der Waals surface area (Å²) in [4.78, 5) is 29.0. The SMILES string of the molecule is CCC(CC)N1CC(C(=O)NCc2ccc(CN(CC)CC)cc2)CC1=O. The maximum atomic E-state index is 12.5. The number of benzene rings is 1. The molecule has 5 nitrogen and oxygen atoms in total. The first kappa shape index (κ1) is 21.4. The molecule has 1 aliphatic heterocycles. The van der Waals surface area contributed by atoms with Gasteiger partial charge in [-0.3, -0.25) is 14.5 Å². The lowest BCUT2D eigenvalue weighted by Gasteiger charge is -2.26. The quantitative estimate of drug-likeness (QED) is 0.685. The summed E-state index contributed by atoms with van der Waals surface area (Å²) in [5.41, 5.74) is 2.38. The van der Waals surface area contributed by atoms with E-state index in [1.54, 1.807) is 0 Å². The molecule has 0 bridgehead atoms. The van der Waals surface area contributed by atoms with Gasteiger partial charge in [0.15, 0.2) is 0 Å². The van der Waals surface area contributed by atoms with Crippen LogP contribution in [0.2, 0.25) is 0 Å². The summed E-state index contributed by atoms with van der Waals surface area (Å²) < 4.78 is 0. The molecule has 1 fully saturated rings. The molecule has 0 spiro atoms. The minimum absolute atomic E-state index is 0.0102. The lowest BCUT2D eigenvalue weighted by Crippen LogP contribution is -2.37. The Balaban J connectivity index is 1.84. The van der Waals surface area contributed by atoms with Gasteiger partial charge in [0.2, 0.25) is 11.8 Å². The highest BCUT2D eigenvalue weighted by Crippen LogP contribution is 2.23. The second-order valence-electron chi connectivity index (χ2n) is 7.41. The van der Waals surface area contributed by atoms with Gasteiger partial charge in [0, 0.05) is 32.1 Å². The van der Waals surface area contributed by atoms with Crippen molar-refractivity contribution in [3.8, 4) is 0 Å². The van der Waals surface area contributed by atoms with Gasteiger partial charge in [0.05, 0.1) is 5.92 Å². The van der Waals surface area contributed by atoms with Gasteiger partial charge in [-0.25, -0.2) is 0 Å². The van der Waals surface area contributed by atoms with E-state index in [1.807, 2.05) is 4.90 Å². The van der Waals surface area contributed by atoms with E-state index in [0.717, 1.165) is 38.0 Å². The number of nitrogens with zero attached hydrogens (tertiary/aromatic N) is 2. The van der Waals surface area contributed by atoms with E-state index >= 15 is 0 Å². The molecule has 1 aliphatic rings. The van der Waals surface area contributed by atoms with Crippen molar-refractivity contribution in [3.63, 3.8) is 0 Å². The second kappa shape index (κ2) is 10.5. The van der Waals surface area contributed by atoms with Gasteiger partial charge >= 0.3 is 0 Å². The fourth-order valence-electron chi connectivity index (χ4n) is 3.79. The lowest BCUT2D eigenvalue weighted by atomic mass is 10.1. The van der Waals surface area contributed by atoms with Crippen LogP contribution >= 0.6 is 0 Å². The number of likely N-dealkylation sites (tertiary alicyclic amines) is 1. The zero-order valence-corrected chi connectivity index (χ0v) is 17.3. The van der Waals surface area contributed by atoms with E-state index in [-0.39, 0.29) is 23.8 Å². The van der Waals surface area contributed by atoms with Crippen molar-refractivity contribution in [2.75, 3.05) is 19.6 Å². The summed E-state index contributed by atoms with van der Waals surface area (Å²) in [6.45, 7) is 12.6. The number of rotatable bonds is 10. The monoisotopic (exact) mass is 373 g/mol. The molecule has 1 atom stereocenters. The Morgan fingerprint density at radius 1 is 1.11 bits per heavy atom. The summed E-state index contributed by atoms with van der Waals surface area (Å²) in [5, 5.41) is 3.01. The third-order valence-electron chi connectivity index (χ3n) is 5.70. The van der Waals surface area contributed by atoms with E-state index in [9.17, 15) is 9.59 Å². The van der Waals surface area contributed by atoms with Crippen LogP contribution in [0.3, 0.4) is 0 Å². The Morgan fingerprint density at radius 3 is 2.26 bits per heavy atom. The van der Waals surface area contributed by atoms with Crippen LogP contribution in [-0.4, -0.2) is 47.3 Å². The molecule has 1 heterocycles. The molecule has 0 aliphatic carbocycles. The molecular formula is C22H35N3O2. The van der Waals surface area contributed by atoms with E-state index < -0.39 is 0 Å². The van der Waals surface area contributed by atoms with Crippen LogP contribution in [0.25, 0.3) is 0 Å². The van der Waals surface area contributed by atoms with E-state index in [1.165, 1.54) is 5.56 Å². The first-order valence-electron chi connectivity index (χ1n) is 10.4. The van der Waals surface area contributed by atoms with Crippen LogP contribution < -0.4 is 5.32 Å². The summed E-state index contributed by atoms with van der Waals surface area (Å²) in [6.07, 6.45) is 2.22. The number of hydrogen-bond acceptors (Lipinski definition) is 3. The molecule has 2 rings (SSSR count). The van der Waals surface area contributed by atoms with E-state index in [4.69, 9.17) is 0 Å². The molecule has 1 unspecified atom stereocenters. The standard InChI is InChI=1S/C22H35N3O2/c1-5-20(6-2)25-16-19(13-21(25)26)22(27)23-14-17-9-11-18(12-10-17)15-24(7-3)8-4/h9-12,19-20H,5-8,13-16H2,1-4H3,(H,23,27). The summed E-state index contributed by atoms with van der Waals surface area (Å²) >= 11 is 0. The van der Waals surface area contributed by atoms with Crippen LogP contribution in [0, 0.1) is 5.92 Å². The number of amides is 2. The lowest BCUT2D eigenvalue weighted by molar-refractivity contribution is -0.130. The molecule has 1 saturated heterocycles. The number of carbonyl (C=O) groups excluding carboxylic acids is 2. The van der Waals surface area contributed by atoms with Gasteiger partial charge in [0.1, 0.15) is 0 Å². The number of hydrogen-bond donors (Lipinski definition) is 1. The van der Waals surface area contributed by atoms with Crippen molar-refractivity contribution in [1.29, 1.82) is 0 Å². The van der Waals surface area contributed by atoms with Crippen molar-refractivity contribution < 1.29 is 9.59 Å². The predicted molar refractivity (Wildman–Crippen MR) is 109 cm³/mol. The van der Waals surface area contributed by atoms with Crippen LogP contribution in [0.15, 0.2) is 24.3 Å². The molecule has 27 heavy (non-hydrogen) atoms. The van der Waals surface area contributed by atoms with Gasteiger partial charge in [-0.2, -0.15) is 0 Å². The van der Waals surface area contributed by atoms with Crippen molar-refractivity contribution >= 4 is 11.8 Å². The molecule has 150 valence electrons. The van der Waals surface area contributed by atoms with E-state index in [2.05, 4.69) is 62.2 Å². The van der Waals surface area contributed by atoms with E-state index in [0.29, 0.717) is 19.5 Å². The van der Waals surface area contributed by atoms with Gasteiger partial charge in [-0.05, 0) is 37.1 Å². The highest BCUT2D eigenvalue weighted by atomic mass is 16.2. The highest BCUT2D eigenvalue weighted by Gasteiger charge is 2.36. The largest absolute Gasteiger partial charge is 0.352 e. The number of nitrogens with one attached hydrogen (secondary N) is 1. The maximum Gasteiger partial charge on any atom is 0.225 e. The molecule has 1 aromatic carbocycles. The Bertz CT molecular complexity index is 606. The van der Waals surface area contributed by atoms with Gasteiger partial charge in [-0.15, -0.1) is 0 Å². The molecule has 2 amide bonds. The smallest absolute Gasteiger partial charge is 0.225 e. The normalized spacial score (nSPS) is 17.2. The molecular weight excluding hydrogens is 338 g/mol. The molecule has 5 heteroatoms. The van der Waals surface area contributed by atoms with Crippen molar-refractivity contribution in [2.24, 2.45) is 5.92 Å². The van der Waals surface area contributed by atoms with Crippen molar-refractivity contribution in [1.82, 2.24) is 15.1 Å².